The molecule has 1 amide bonds. The summed E-state index contributed by atoms with van der Waals surface area (Å²) in [5.41, 5.74) is 1.36. The van der Waals surface area contributed by atoms with Crippen molar-refractivity contribution in [3.05, 3.63) is 48.0 Å². The quantitative estimate of drug-likeness (QED) is 0.117. The summed E-state index contributed by atoms with van der Waals surface area (Å²) in [7, 11) is 4.51. The van der Waals surface area contributed by atoms with Gasteiger partial charge < -0.3 is 14.9 Å². The van der Waals surface area contributed by atoms with E-state index in [0.717, 1.165) is 69.1 Å². The third-order valence-corrected chi connectivity index (χ3v) is 6.46. The molecule has 4 nitrogen and oxygen atoms in total. The molecule has 0 radical (unpaired) electrons. The summed E-state index contributed by atoms with van der Waals surface area (Å²) >= 11 is 0. The first-order valence-corrected chi connectivity index (χ1v) is 13.9. The maximum absolute atomic E-state index is 12.1. The Bertz CT molecular complexity index is 642. The van der Waals surface area contributed by atoms with Gasteiger partial charge in [-0.3, -0.25) is 4.79 Å². The van der Waals surface area contributed by atoms with Gasteiger partial charge in [0.1, 0.15) is 6.54 Å². The van der Waals surface area contributed by atoms with Gasteiger partial charge >= 0.3 is 0 Å². The smallest absolute Gasteiger partial charge is 0.219 e. The van der Waals surface area contributed by atoms with Crippen molar-refractivity contribution >= 4 is 5.91 Å². The molecule has 0 aromatic heterocycles. The number of allylic oxidation sites excluding steroid dienone is 1. The maximum atomic E-state index is 12.1. The van der Waals surface area contributed by atoms with Gasteiger partial charge in [-0.25, -0.2) is 0 Å². The molecule has 1 unspecified atom stereocenters. The summed E-state index contributed by atoms with van der Waals surface area (Å²) in [4.78, 5) is 12.1. The number of hydrogen-bond donors (Lipinski definition) is 2. The summed E-state index contributed by atoms with van der Waals surface area (Å²) in [6, 6.07) is 10.6. The van der Waals surface area contributed by atoms with E-state index in [4.69, 9.17) is 0 Å². The summed E-state index contributed by atoms with van der Waals surface area (Å²) in [5.74, 6) is 0.199. The van der Waals surface area contributed by atoms with Gasteiger partial charge in [0, 0.05) is 24.9 Å². The van der Waals surface area contributed by atoms with Crippen LogP contribution in [0.1, 0.15) is 102 Å². The maximum Gasteiger partial charge on any atom is 0.219 e. The van der Waals surface area contributed by atoms with Crippen LogP contribution in [-0.2, 0) is 11.3 Å². The highest BCUT2D eigenvalue weighted by atomic mass is 16.3. The van der Waals surface area contributed by atoms with Crippen molar-refractivity contribution in [3.63, 3.8) is 0 Å². The molecular formula is C30H53N2O2+. The molecule has 0 saturated heterocycles. The fourth-order valence-electron chi connectivity index (χ4n) is 4.35. The second-order valence-electron chi connectivity index (χ2n) is 10.5. The molecular weight excluding hydrogens is 420 g/mol. The fourth-order valence-corrected chi connectivity index (χ4v) is 4.35. The number of rotatable bonds is 21. The lowest BCUT2D eigenvalue weighted by Gasteiger charge is -2.30. The minimum absolute atomic E-state index is 0.168. The van der Waals surface area contributed by atoms with E-state index in [0.29, 0.717) is 6.42 Å². The first-order valence-electron chi connectivity index (χ1n) is 13.9. The second kappa shape index (κ2) is 19.6. The number of hydrogen-bond acceptors (Lipinski definition) is 2. The lowest BCUT2D eigenvalue weighted by molar-refractivity contribution is -0.903. The second-order valence-corrected chi connectivity index (χ2v) is 10.5. The minimum atomic E-state index is -0.168. The number of unbranched alkanes of at least 4 members (excludes halogenated alkanes) is 8. The monoisotopic (exact) mass is 473 g/mol. The van der Waals surface area contributed by atoms with Crippen LogP contribution in [0.15, 0.2) is 42.5 Å². The molecule has 4 heteroatoms. The van der Waals surface area contributed by atoms with Gasteiger partial charge in [-0.1, -0.05) is 94.4 Å². The molecule has 0 saturated carbocycles. The first-order chi connectivity index (χ1) is 16.4. The molecule has 0 bridgehead atoms. The summed E-state index contributed by atoms with van der Waals surface area (Å²) < 4.78 is 0.939. The number of benzene rings is 1. The number of nitrogens with one attached hydrogen (secondary N) is 1. The molecule has 34 heavy (non-hydrogen) atoms. The van der Waals surface area contributed by atoms with E-state index >= 15 is 0 Å². The zero-order valence-electron chi connectivity index (χ0n) is 22.4. The first kappa shape index (κ1) is 30.4. The molecule has 0 heterocycles. The van der Waals surface area contributed by atoms with Gasteiger partial charge in [0.2, 0.25) is 5.91 Å². The van der Waals surface area contributed by atoms with Crippen LogP contribution in [0.3, 0.4) is 0 Å². The van der Waals surface area contributed by atoms with E-state index in [1.54, 1.807) is 0 Å². The third kappa shape index (κ3) is 17.8. The summed E-state index contributed by atoms with van der Waals surface area (Å²) in [5, 5.41) is 13.1. The van der Waals surface area contributed by atoms with E-state index < -0.39 is 0 Å². The SMILES string of the molecule is CCCCCCC(O)CC=CCCCCCCCC(=O)NCCC[N+](C)(C)Cc1ccccc1. The molecule has 1 aromatic carbocycles. The largest absolute Gasteiger partial charge is 0.393 e. The third-order valence-electron chi connectivity index (χ3n) is 6.46. The Hall–Kier alpha value is -1.65. The van der Waals surface area contributed by atoms with Gasteiger partial charge in [0.25, 0.3) is 0 Å². The van der Waals surface area contributed by atoms with Crippen LogP contribution in [0.25, 0.3) is 0 Å². The topological polar surface area (TPSA) is 49.3 Å². The van der Waals surface area contributed by atoms with E-state index in [9.17, 15) is 9.90 Å². The molecule has 194 valence electrons. The van der Waals surface area contributed by atoms with Crippen LogP contribution in [0, 0.1) is 0 Å². The average Bonchev–Trinajstić information content (AvgIpc) is 2.81. The molecule has 2 N–H and O–H groups in total. The molecule has 0 aliphatic rings. The van der Waals surface area contributed by atoms with Gasteiger partial charge in [-0.2, -0.15) is 0 Å². The highest BCUT2D eigenvalue weighted by Gasteiger charge is 2.15. The van der Waals surface area contributed by atoms with Crippen LogP contribution >= 0.6 is 0 Å². The van der Waals surface area contributed by atoms with Crippen LogP contribution < -0.4 is 5.32 Å². The van der Waals surface area contributed by atoms with Crippen molar-refractivity contribution in [3.8, 4) is 0 Å². The van der Waals surface area contributed by atoms with Crippen LogP contribution in [0.2, 0.25) is 0 Å². The number of nitrogens with zero attached hydrogens (tertiary/aromatic N) is 1. The van der Waals surface area contributed by atoms with Crippen molar-refractivity contribution in [2.75, 3.05) is 27.2 Å². The van der Waals surface area contributed by atoms with Crippen molar-refractivity contribution < 1.29 is 14.4 Å². The molecule has 0 fully saturated rings. The molecule has 1 aromatic rings. The summed E-state index contributed by atoms with van der Waals surface area (Å²) in [6.45, 7) is 5.06. The van der Waals surface area contributed by atoms with Crippen molar-refractivity contribution in [2.24, 2.45) is 0 Å². The Balaban J connectivity index is 1.92. The predicted octanol–water partition coefficient (Wildman–Crippen LogP) is 6.78. The minimum Gasteiger partial charge on any atom is -0.393 e. The van der Waals surface area contributed by atoms with Crippen molar-refractivity contribution in [2.45, 2.75) is 109 Å². The van der Waals surface area contributed by atoms with E-state index in [2.05, 4.69) is 68.8 Å². The lowest BCUT2D eigenvalue weighted by Crippen LogP contribution is -2.41. The number of quaternary nitrogens is 1. The van der Waals surface area contributed by atoms with Gasteiger partial charge in [-0.05, 0) is 32.1 Å². The normalized spacial score (nSPS) is 12.8. The van der Waals surface area contributed by atoms with Crippen LogP contribution in [-0.4, -0.2) is 48.8 Å². The standard InChI is InChI=1S/C30H52N2O2/c1-4-5-6-16-22-29(33)23-17-11-9-7-8-10-12-18-24-30(34)31-25-19-26-32(2,3)27-28-20-14-13-15-21-28/h11,13-15,17,20-21,29,33H,4-10,12,16,18-19,22-27H2,1-3H3/p+1. The Morgan fingerprint density at radius 2 is 1.65 bits per heavy atom. The Labute approximate surface area is 210 Å². The lowest BCUT2D eigenvalue weighted by atomic mass is 10.1. The zero-order valence-corrected chi connectivity index (χ0v) is 22.4. The molecule has 1 atom stereocenters. The van der Waals surface area contributed by atoms with Crippen molar-refractivity contribution in [1.29, 1.82) is 0 Å². The van der Waals surface area contributed by atoms with Gasteiger partial charge in [0.05, 0.1) is 26.7 Å². The fraction of sp³-hybridized carbons (Fsp3) is 0.700. The van der Waals surface area contributed by atoms with Crippen LogP contribution in [0.5, 0.6) is 0 Å². The number of aliphatic hydroxyl groups excluding tert-OH is 1. The summed E-state index contributed by atoms with van der Waals surface area (Å²) in [6.07, 6.45) is 19.4. The highest BCUT2D eigenvalue weighted by Crippen LogP contribution is 2.11. The van der Waals surface area contributed by atoms with E-state index in [-0.39, 0.29) is 12.0 Å². The van der Waals surface area contributed by atoms with Gasteiger partial charge in [-0.15, -0.1) is 0 Å². The predicted molar refractivity (Wildman–Crippen MR) is 146 cm³/mol. The number of carbonyl (C=O) groups is 1. The Morgan fingerprint density at radius 3 is 2.41 bits per heavy atom. The molecule has 0 spiro atoms. The number of carbonyl (C=O) groups excluding carboxylic acids is 1. The number of aliphatic hydroxyl groups is 1. The zero-order chi connectivity index (χ0) is 24.9. The van der Waals surface area contributed by atoms with E-state index in [1.807, 2.05) is 0 Å². The molecule has 1 rings (SSSR count). The molecule has 0 aliphatic heterocycles. The Kier molecular flexibility index (Phi) is 17.5. The molecule has 0 aliphatic carbocycles. The number of amides is 1. The highest BCUT2D eigenvalue weighted by molar-refractivity contribution is 5.75. The van der Waals surface area contributed by atoms with Crippen molar-refractivity contribution in [1.82, 2.24) is 5.32 Å². The average molecular weight is 474 g/mol. The van der Waals surface area contributed by atoms with Crippen LogP contribution in [0.4, 0.5) is 0 Å². The van der Waals surface area contributed by atoms with Gasteiger partial charge in [0.15, 0.2) is 0 Å². The Morgan fingerprint density at radius 1 is 0.941 bits per heavy atom. The van der Waals surface area contributed by atoms with E-state index in [1.165, 1.54) is 44.1 Å².